The SMILES string of the molecule is Cc1cc2c(cc1Cl)C1(CCN(C(=O)[C@@H]3CN(C(C)(C)C)C[C@H]3c3ccc(F)cc3F)CC1)C(=O)N2. The number of carbonyl (C=O) groups excluding carboxylic acids is 2. The minimum Gasteiger partial charge on any atom is -0.342 e. The number of aryl methyl sites for hydroxylation is 1. The molecule has 2 saturated heterocycles. The molecule has 0 radical (unpaired) electrons. The molecule has 1 spiro atoms. The molecule has 3 aliphatic heterocycles. The van der Waals surface area contributed by atoms with Gasteiger partial charge in [0.1, 0.15) is 11.6 Å². The summed E-state index contributed by atoms with van der Waals surface area (Å²) in [5.41, 5.74) is 2.09. The van der Waals surface area contributed by atoms with E-state index >= 15 is 0 Å². The van der Waals surface area contributed by atoms with Gasteiger partial charge < -0.3 is 10.2 Å². The van der Waals surface area contributed by atoms with E-state index in [9.17, 15) is 18.4 Å². The number of hydrogen-bond donors (Lipinski definition) is 1. The van der Waals surface area contributed by atoms with Crippen LogP contribution < -0.4 is 5.32 Å². The first kappa shape index (κ1) is 25.2. The van der Waals surface area contributed by atoms with Crippen LogP contribution in [-0.4, -0.2) is 53.3 Å². The molecule has 3 aliphatic rings. The highest BCUT2D eigenvalue weighted by Crippen LogP contribution is 2.47. The first-order valence-corrected chi connectivity index (χ1v) is 12.9. The average Bonchev–Trinajstić information content (AvgIpc) is 3.35. The monoisotopic (exact) mass is 515 g/mol. The summed E-state index contributed by atoms with van der Waals surface area (Å²) < 4.78 is 28.4. The fourth-order valence-corrected chi connectivity index (χ4v) is 6.27. The van der Waals surface area contributed by atoms with E-state index in [-0.39, 0.29) is 23.3 Å². The smallest absolute Gasteiger partial charge is 0.235 e. The second kappa shape index (κ2) is 8.80. The number of carbonyl (C=O) groups is 2. The maximum absolute atomic E-state index is 14.8. The third kappa shape index (κ3) is 4.10. The largest absolute Gasteiger partial charge is 0.342 e. The van der Waals surface area contributed by atoms with Crippen LogP contribution in [0.25, 0.3) is 0 Å². The first-order chi connectivity index (χ1) is 16.9. The van der Waals surface area contributed by atoms with Crippen molar-refractivity contribution in [2.75, 3.05) is 31.5 Å². The lowest BCUT2D eigenvalue weighted by Crippen LogP contribution is -2.50. The topological polar surface area (TPSA) is 52.7 Å². The number of anilines is 1. The Balaban J connectivity index is 1.39. The van der Waals surface area contributed by atoms with Gasteiger partial charge in [-0.1, -0.05) is 17.7 Å². The van der Waals surface area contributed by atoms with Crippen molar-refractivity contribution in [1.29, 1.82) is 0 Å². The van der Waals surface area contributed by atoms with Gasteiger partial charge in [-0.25, -0.2) is 8.78 Å². The second-order valence-electron chi connectivity index (χ2n) is 11.5. The highest BCUT2D eigenvalue weighted by atomic mass is 35.5. The van der Waals surface area contributed by atoms with Gasteiger partial charge in [0.15, 0.2) is 0 Å². The zero-order valence-corrected chi connectivity index (χ0v) is 21.9. The molecule has 2 aromatic carbocycles. The number of rotatable bonds is 2. The van der Waals surface area contributed by atoms with Gasteiger partial charge in [0.25, 0.3) is 0 Å². The van der Waals surface area contributed by atoms with Crippen molar-refractivity contribution in [3.63, 3.8) is 0 Å². The number of fused-ring (bicyclic) bond motifs is 2. The summed E-state index contributed by atoms with van der Waals surface area (Å²) in [6.45, 7) is 10.0. The van der Waals surface area contributed by atoms with Crippen LogP contribution in [0.5, 0.6) is 0 Å². The number of nitrogens with one attached hydrogen (secondary N) is 1. The summed E-state index contributed by atoms with van der Waals surface area (Å²) in [5.74, 6) is -2.14. The zero-order valence-electron chi connectivity index (χ0n) is 21.1. The minimum atomic E-state index is -0.695. The number of benzene rings is 2. The number of hydrogen-bond acceptors (Lipinski definition) is 3. The van der Waals surface area contributed by atoms with Crippen LogP contribution in [0, 0.1) is 24.5 Å². The number of nitrogens with zero attached hydrogens (tertiary/aromatic N) is 2. The predicted molar refractivity (Wildman–Crippen MR) is 136 cm³/mol. The Morgan fingerprint density at radius 1 is 1.11 bits per heavy atom. The maximum Gasteiger partial charge on any atom is 0.235 e. The van der Waals surface area contributed by atoms with E-state index in [4.69, 9.17) is 11.6 Å². The van der Waals surface area contributed by atoms with Crippen molar-refractivity contribution < 1.29 is 18.4 Å². The van der Waals surface area contributed by atoms with E-state index < -0.39 is 23.0 Å². The Morgan fingerprint density at radius 3 is 2.44 bits per heavy atom. The Hall–Kier alpha value is -2.51. The Labute approximate surface area is 215 Å². The lowest BCUT2D eigenvalue weighted by molar-refractivity contribution is -0.139. The molecule has 36 heavy (non-hydrogen) atoms. The molecule has 8 heteroatoms. The van der Waals surface area contributed by atoms with Crippen molar-refractivity contribution in [3.8, 4) is 0 Å². The molecule has 0 bridgehead atoms. The molecule has 0 unspecified atom stereocenters. The minimum absolute atomic E-state index is 0.0362. The molecular weight excluding hydrogens is 484 g/mol. The summed E-state index contributed by atoms with van der Waals surface area (Å²) in [5, 5.41) is 3.63. The molecule has 5 nitrogen and oxygen atoms in total. The summed E-state index contributed by atoms with van der Waals surface area (Å²) >= 11 is 6.39. The van der Waals surface area contributed by atoms with E-state index in [0.29, 0.717) is 49.6 Å². The van der Waals surface area contributed by atoms with Gasteiger partial charge in [0, 0.05) is 54.4 Å². The molecule has 2 fully saturated rings. The quantitative estimate of drug-likeness (QED) is 0.594. The van der Waals surface area contributed by atoms with Gasteiger partial charge in [-0.05, 0) is 75.4 Å². The molecule has 0 saturated carbocycles. The summed E-state index contributed by atoms with van der Waals surface area (Å²) in [6.07, 6.45) is 1.00. The third-order valence-corrected chi connectivity index (χ3v) is 8.78. The van der Waals surface area contributed by atoms with Crippen molar-refractivity contribution in [1.82, 2.24) is 9.80 Å². The number of halogens is 3. The molecule has 5 rings (SSSR count). The summed E-state index contributed by atoms with van der Waals surface area (Å²) in [7, 11) is 0. The summed E-state index contributed by atoms with van der Waals surface area (Å²) in [6, 6.07) is 7.41. The third-order valence-electron chi connectivity index (χ3n) is 8.37. The molecule has 2 amide bonds. The van der Waals surface area contributed by atoms with Crippen LogP contribution in [0.4, 0.5) is 14.5 Å². The molecule has 2 aromatic rings. The molecule has 3 heterocycles. The highest BCUT2D eigenvalue weighted by Gasteiger charge is 2.51. The predicted octanol–water partition coefficient (Wildman–Crippen LogP) is 5.25. The molecule has 192 valence electrons. The zero-order chi connectivity index (χ0) is 26.0. The van der Waals surface area contributed by atoms with Gasteiger partial charge in [0.2, 0.25) is 11.8 Å². The normalized spacial score (nSPS) is 23.8. The van der Waals surface area contributed by atoms with Crippen LogP contribution >= 0.6 is 11.6 Å². The van der Waals surface area contributed by atoms with E-state index in [1.807, 2.05) is 24.0 Å². The van der Waals surface area contributed by atoms with Crippen LogP contribution in [0.2, 0.25) is 5.02 Å². The Kier molecular flexibility index (Phi) is 6.15. The van der Waals surface area contributed by atoms with Gasteiger partial charge in [-0.2, -0.15) is 0 Å². The first-order valence-electron chi connectivity index (χ1n) is 12.5. The van der Waals surface area contributed by atoms with Crippen LogP contribution in [0.15, 0.2) is 30.3 Å². The van der Waals surface area contributed by atoms with Gasteiger partial charge >= 0.3 is 0 Å². The molecule has 0 aliphatic carbocycles. The Morgan fingerprint density at radius 2 is 1.81 bits per heavy atom. The van der Waals surface area contributed by atoms with Crippen molar-refractivity contribution in [3.05, 3.63) is 63.7 Å². The second-order valence-corrected chi connectivity index (χ2v) is 11.9. The standard InChI is InChI=1S/C28H32ClF2N3O2/c1-16-11-24-21(13-22(16)29)28(26(36)32-24)7-9-33(10-8-28)25(35)20-15-34(27(2,3)4)14-19(20)18-6-5-17(30)12-23(18)31/h5-6,11-13,19-20H,7-10,14-15H2,1-4H3,(H,32,36)/t19-,20+/m0/s1. The average molecular weight is 516 g/mol. The van der Waals surface area contributed by atoms with E-state index in [1.165, 1.54) is 12.1 Å². The van der Waals surface area contributed by atoms with E-state index in [1.54, 1.807) is 0 Å². The van der Waals surface area contributed by atoms with E-state index in [0.717, 1.165) is 22.9 Å². The summed E-state index contributed by atoms with van der Waals surface area (Å²) in [4.78, 5) is 30.9. The van der Waals surface area contributed by atoms with Crippen molar-refractivity contribution in [2.45, 2.75) is 57.4 Å². The fourth-order valence-electron chi connectivity index (χ4n) is 6.10. The van der Waals surface area contributed by atoms with Gasteiger partial charge in [-0.15, -0.1) is 0 Å². The van der Waals surface area contributed by atoms with Gasteiger partial charge in [0.05, 0.1) is 11.3 Å². The van der Waals surface area contributed by atoms with Gasteiger partial charge in [-0.3, -0.25) is 14.5 Å². The van der Waals surface area contributed by atoms with Crippen LogP contribution in [0.3, 0.4) is 0 Å². The van der Waals surface area contributed by atoms with Crippen molar-refractivity contribution in [2.24, 2.45) is 5.92 Å². The molecule has 2 atom stereocenters. The van der Waals surface area contributed by atoms with Crippen LogP contribution in [0.1, 0.15) is 56.2 Å². The lowest BCUT2D eigenvalue weighted by atomic mass is 9.73. The number of likely N-dealkylation sites (tertiary alicyclic amines) is 2. The molecular formula is C28H32ClF2N3O2. The Bertz CT molecular complexity index is 1230. The lowest BCUT2D eigenvalue weighted by Gasteiger charge is -2.39. The molecule has 0 aromatic heterocycles. The number of piperidine rings is 1. The molecule has 1 N–H and O–H groups in total. The highest BCUT2D eigenvalue weighted by molar-refractivity contribution is 6.31. The van der Waals surface area contributed by atoms with E-state index in [2.05, 4.69) is 31.0 Å². The fraction of sp³-hybridized carbons (Fsp3) is 0.500. The maximum atomic E-state index is 14.8. The van der Waals surface area contributed by atoms with Crippen molar-refractivity contribution >= 4 is 29.1 Å². The number of amides is 2. The van der Waals surface area contributed by atoms with Crippen LogP contribution in [-0.2, 0) is 15.0 Å².